The van der Waals surface area contributed by atoms with E-state index in [1.54, 1.807) is 0 Å². The summed E-state index contributed by atoms with van der Waals surface area (Å²) < 4.78 is 0. The fourth-order valence-corrected chi connectivity index (χ4v) is 1.43. The molecule has 1 rings (SSSR count). The molecule has 0 saturated heterocycles. The van der Waals surface area contributed by atoms with Gasteiger partial charge in [0.1, 0.15) is 0 Å². The molecule has 1 aliphatic carbocycles. The topological polar surface area (TPSA) is 26.0 Å². The van der Waals surface area contributed by atoms with Crippen LogP contribution in [0.2, 0.25) is 0 Å². The van der Waals surface area contributed by atoms with E-state index in [1.807, 2.05) is 6.92 Å². The van der Waals surface area contributed by atoms with E-state index in [0.717, 1.165) is 6.42 Å². The Kier molecular flexibility index (Phi) is 2.28. The van der Waals surface area contributed by atoms with Gasteiger partial charge in [0.15, 0.2) is 0 Å². The lowest BCUT2D eigenvalue weighted by Crippen LogP contribution is -2.17. The first-order valence-corrected chi connectivity index (χ1v) is 3.83. The molecule has 0 heterocycles. The van der Waals surface area contributed by atoms with Gasteiger partial charge in [-0.05, 0) is 32.3 Å². The number of hydrogen-bond acceptors (Lipinski definition) is 1. The lowest BCUT2D eigenvalue weighted by atomic mass is 10.1. The molecule has 0 spiro atoms. The van der Waals surface area contributed by atoms with Crippen molar-refractivity contribution in [3.63, 3.8) is 0 Å². The third kappa shape index (κ3) is 1.29. The molecule has 1 atom stereocenters. The Morgan fingerprint density at radius 1 is 1.60 bits per heavy atom. The zero-order chi connectivity index (χ0) is 7.56. The van der Waals surface area contributed by atoms with Gasteiger partial charge >= 0.3 is 0 Å². The van der Waals surface area contributed by atoms with E-state index >= 15 is 0 Å². The van der Waals surface area contributed by atoms with Crippen molar-refractivity contribution in [2.45, 2.75) is 32.7 Å². The standard InChI is InChI=1S/C9H15N/c1-3-4-8-7(2)5-6-9(8)10/h3-4,9H,5-6,10H2,1-2H3. The molecule has 0 aliphatic heterocycles. The van der Waals surface area contributed by atoms with Gasteiger partial charge in [-0.15, -0.1) is 0 Å². The molecule has 2 N–H and O–H groups in total. The summed E-state index contributed by atoms with van der Waals surface area (Å²) in [7, 11) is 0. The zero-order valence-electron chi connectivity index (χ0n) is 6.72. The van der Waals surface area contributed by atoms with Crippen LogP contribution in [0.25, 0.3) is 0 Å². The average Bonchev–Trinajstić information content (AvgIpc) is 2.20. The molecule has 0 aromatic heterocycles. The first-order valence-electron chi connectivity index (χ1n) is 3.83. The zero-order valence-corrected chi connectivity index (χ0v) is 6.72. The second kappa shape index (κ2) is 3.02. The van der Waals surface area contributed by atoms with E-state index in [0.29, 0.717) is 6.04 Å². The van der Waals surface area contributed by atoms with Crippen LogP contribution in [0, 0.1) is 0 Å². The minimum Gasteiger partial charge on any atom is -0.324 e. The molecular weight excluding hydrogens is 122 g/mol. The van der Waals surface area contributed by atoms with Crippen LogP contribution in [0.1, 0.15) is 26.7 Å². The first-order chi connectivity index (χ1) is 4.75. The largest absolute Gasteiger partial charge is 0.324 e. The highest BCUT2D eigenvalue weighted by atomic mass is 14.6. The second-order valence-electron chi connectivity index (χ2n) is 2.88. The van der Waals surface area contributed by atoms with Gasteiger partial charge < -0.3 is 5.73 Å². The van der Waals surface area contributed by atoms with Gasteiger partial charge in [-0.25, -0.2) is 0 Å². The van der Waals surface area contributed by atoms with Crippen LogP contribution < -0.4 is 5.73 Å². The van der Waals surface area contributed by atoms with Gasteiger partial charge in [-0.2, -0.15) is 0 Å². The first kappa shape index (κ1) is 7.55. The smallest absolute Gasteiger partial charge is 0.0297 e. The number of nitrogens with two attached hydrogens (primary N) is 1. The van der Waals surface area contributed by atoms with E-state index in [2.05, 4.69) is 19.1 Å². The molecule has 0 bridgehead atoms. The fourth-order valence-electron chi connectivity index (χ4n) is 1.43. The highest BCUT2D eigenvalue weighted by Gasteiger charge is 2.16. The molecule has 10 heavy (non-hydrogen) atoms. The maximum Gasteiger partial charge on any atom is 0.0297 e. The Balaban J connectivity index is 2.77. The molecular formula is C9H15N. The summed E-state index contributed by atoms with van der Waals surface area (Å²) in [5.74, 6) is 0. The van der Waals surface area contributed by atoms with E-state index in [-0.39, 0.29) is 0 Å². The van der Waals surface area contributed by atoms with Gasteiger partial charge in [0.05, 0.1) is 0 Å². The summed E-state index contributed by atoms with van der Waals surface area (Å²) in [4.78, 5) is 0. The molecule has 1 aliphatic rings. The van der Waals surface area contributed by atoms with Crippen molar-refractivity contribution in [1.29, 1.82) is 0 Å². The van der Waals surface area contributed by atoms with Crippen LogP contribution in [0.3, 0.4) is 0 Å². The molecule has 0 aromatic carbocycles. The van der Waals surface area contributed by atoms with E-state index < -0.39 is 0 Å². The summed E-state index contributed by atoms with van der Waals surface area (Å²) in [6.07, 6.45) is 6.50. The Labute approximate surface area is 62.6 Å². The van der Waals surface area contributed by atoms with Gasteiger partial charge in [0, 0.05) is 6.04 Å². The molecule has 56 valence electrons. The van der Waals surface area contributed by atoms with Crippen molar-refractivity contribution in [3.8, 4) is 0 Å². The van der Waals surface area contributed by atoms with Crippen LogP contribution in [-0.2, 0) is 0 Å². The average molecular weight is 137 g/mol. The van der Waals surface area contributed by atoms with Crippen molar-refractivity contribution in [3.05, 3.63) is 23.3 Å². The van der Waals surface area contributed by atoms with Crippen LogP contribution in [-0.4, -0.2) is 6.04 Å². The molecule has 0 fully saturated rings. The highest BCUT2D eigenvalue weighted by Crippen LogP contribution is 2.25. The minimum absolute atomic E-state index is 0.302. The predicted octanol–water partition coefficient (Wildman–Crippen LogP) is 2.00. The summed E-state index contributed by atoms with van der Waals surface area (Å²) in [5.41, 5.74) is 8.66. The summed E-state index contributed by atoms with van der Waals surface area (Å²) >= 11 is 0. The van der Waals surface area contributed by atoms with Crippen LogP contribution in [0.4, 0.5) is 0 Å². The number of rotatable bonds is 1. The monoisotopic (exact) mass is 137 g/mol. The summed E-state index contributed by atoms with van der Waals surface area (Å²) in [6.45, 7) is 4.20. The van der Waals surface area contributed by atoms with Gasteiger partial charge in [0.25, 0.3) is 0 Å². The lowest BCUT2D eigenvalue weighted by molar-refractivity contribution is 0.758. The van der Waals surface area contributed by atoms with Crippen molar-refractivity contribution >= 4 is 0 Å². The van der Waals surface area contributed by atoms with E-state index in [1.165, 1.54) is 17.6 Å². The normalized spacial score (nSPS) is 26.9. The highest BCUT2D eigenvalue weighted by molar-refractivity contribution is 5.33. The molecule has 0 amide bonds. The Hall–Kier alpha value is -0.560. The van der Waals surface area contributed by atoms with E-state index in [9.17, 15) is 0 Å². The second-order valence-corrected chi connectivity index (χ2v) is 2.88. The molecule has 1 heteroatoms. The lowest BCUT2D eigenvalue weighted by Gasteiger charge is -2.03. The Bertz CT molecular complexity index is 177. The van der Waals surface area contributed by atoms with Crippen molar-refractivity contribution < 1.29 is 0 Å². The maximum atomic E-state index is 5.85. The SMILES string of the molecule is CC=CC1=C(C)CCC1N. The van der Waals surface area contributed by atoms with Crippen molar-refractivity contribution in [2.24, 2.45) is 5.73 Å². The molecule has 0 saturated carbocycles. The predicted molar refractivity (Wildman–Crippen MR) is 44.7 cm³/mol. The number of hydrogen-bond donors (Lipinski definition) is 1. The fraction of sp³-hybridized carbons (Fsp3) is 0.556. The third-order valence-corrected chi connectivity index (χ3v) is 2.07. The van der Waals surface area contributed by atoms with Crippen LogP contribution in [0.5, 0.6) is 0 Å². The van der Waals surface area contributed by atoms with Crippen molar-refractivity contribution in [2.75, 3.05) is 0 Å². The van der Waals surface area contributed by atoms with Crippen LogP contribution >= 0.6 is 0 Å². The van der Waals surface area contributed by atoms with E-state index in [4.69, 9.17) is 5.73 Å². The molecule has 1 nitrogen and oxygen atoms in total. The summed E-state index contributed by atoms with van der Waals surface area (Å²) in [5, 5.41) is 0. The number of allylic oxidation sites excluding steroid dienone is 2. The van der Waals surface area contributed by atoms with Crippen LogP contribution in [0.15, 0.2) is 23.3 Å². The minimum atomic E-state index is 0.302. The molecule has 1 unspecified atom stereocenters. The van der Waals surface area contributed by atoms with Gasteiger partial charge in [-0.3, -0.25) is 0 Å². The third-order valence-electron chi connectivity index (χ3n) is 2.07. The van der Waals surface area contributed by atoms with Gasteiger partial charge in [-0.1, -0.05) is 17.7 Å². The molecule has 0 radical (unpaired) electrons. The Morgan fingerprint density at radius 2 is 2.30 bits per heavy atom. The van der Waals surface area contributed by atoms with Crippen molar-refractivity contribution in [1.82, 2.24) is 0 Å². The molecule has 0 aromatic rings. The Morgan fingerprint density at radius 3 is 2.70 bits per heavy atom. The van der Waals surface area contributed by atoms with Gasteiger partial charge in [0.2, 0.25) is 0 Å². The summed E-state index contributed by atoms with van der Waals surface area (Å²) in [6, 6.07) is 0.302. The maximum absolute atomic E-state index is 5.85. The quantitative estimate of drug-likeness (QED) is 0.587.